The monoisotopic (exact) mass is 339 g/mol. The molecule has 6 heteroatoms. The molecule has 0 aliphatic carbocycles. The molecule has 2 aromatic rings. The molecule has 2 N–H and O–H groups in total. The lowest BCUT2D eigenvalue weighted by Crippen LogP contribution is -2.24. The number of aromatic nitrogens is 1. The topological polar surface area (TPSA) is 80.3 Å². The van der Waals surface area contributed by atoms with E-state index in [1.54, 1.807) is 36.4 Å². The fraction of sp³-hybridized carbons (Fsp3) is 0.211. The fourth-order valence-corrected chi connectivity index (χ4v) is 2.05. The molecule has 6 nitrogen and oxygen atoms in total. The van der Waals surface area contributed by atoms with E-state index in [1.165, 1.54) is 12.3 Å². The first-order valence-corrected chi connectivity index (χ1v) is 7.93. The second kappa shape index (κ2) is 8.63. The highest BCUT2D eigenvalue weighted by Gasteiger charge is 2.12. The Balaban J connectivity index is 2.05. The molecular formula is C19H21N3O3. The van der Waals surface area contributed by atoms with Crippen LogP contribution >= 0.6 is 0 Å². The molecule has 0 saturated carbocycles. The fourth-order valence-electron chi connectivity index (χ4n) is 2.05. The van der Waals surface area contributed by atoms with Crippen LogP contribution < -0.4 is 15.4 Å². The van der Waals surface area contributed by atoms with Crippen molar-refractivity contribution in [3.05, 3.63) is 66.5 Å². The number of hydrogen-bond acceptors (Lipinski definition) is 4. The van der Waals surface area contributed by atoms with E-state index in [1.807, 2.05) is 13.8 Å². The quantitative estimate of drug-likeness (QED) is 0.760. The van der Waals surface area contributed by atoms with Crippen molar-refractivity contribution in [3.63, 3.8) is 0 Å². The van der Waals surface area contributed by atoms with Crippen LogP contribution in [0.25, 0.3) is 0 Å². The summed E-state index contributed by atoms with van der Waals surface area (Å²) < 4.78 is 5.56. The molecule has 2 amide bonds. The van der Waals surface area contributed by atoms with E-state index in [0.29, 0.717) is 17.8 Å². The van der Waals surface area contributed by atoms with Gasteiger partial charge in [0.15, 0.2) is 0 Å². The molecule has 0 aliphatic heterocycles. The maximum atomic E-state index is 12.3. The maximum Gasteiger partial charge on any atom is 0.274 e. The molecule has 1 heterocycles. The van der Waals surface area contributed by atoms with Crippen LogP contribution in [0.15, 0.2) is 55.3 Å². The summed E-state index contributed by atoms with van der Waals surface area (Å²) in [6.45, 7) is 7.78. The third kappa shape index (κ3) is 5.46. The van der Waals surface area contributed by atoms with E-state index in [-0.39, 0.29) is 17.7 Å². The third-order valence-corrected chi connectivity index (χ3v) is 3.15. The summed E-state index contributed by atoms with van der Waals surface area (Å²) in [6, 6.07) is 10.0. The number of anilines is 1. The second-order valence-corrected chi connectivity index (χ2v) is 5.57. The lowest BCUT2D eigenvalue weighted by Gasteiger charge is -2.10. The van der Waals surface area contributed by atoms with Crippen molar-refractivity contribution < 1.29 is 14.3 Å². The van der Waals surface area contributed by atoms with Crippen molar-refractivity contribution in [1.82, 2.24) is 10.3 Å². The Hall–Kier alpha value is -3.15. The Labute approximate surface area is 146 Å². The standard InChI is InChI=1S/C19H21N3O3/c1-4-10-21-18(23)14-9-11-20-17(12-14)19(24)22-15-5-7-16(8-6-15)25-13(2)3/h4-9,11-13H,1,10H2,2-3H3,(H,21,23)(H,22,24). The summed E-state index contributed by atoms with van der Waals surface area (Å²) in [4.78, 5) is 28.3. The van der Waals surface area contributed by atoms with Crippen LogP contribution in [0.3, 0.4) is 0 Å². The SMILES string of the molecule is C=CCNC(=O)c1ccnc(C(=O)Nc2ccc(OC(C)C)cc2)c1. The Bertz CT molecular complexity index is 755. The zero-order valence-electron chi connectivity index (χ0n) is 14.3. The molecule has 0 unspecified atom stereocenters. The lowest BCUT2D eigenvalue weighted by atomic mass is 10.2. The molecule has 130 valence electrons. The van der Waals surface area contributed by atoms with Gasteiger partial charge < -0.3 is 15.4 Å². The minimum atomic E-state index is -0.393. The maximum absolute atomic E-state index is 12.3. The van der Waals surface area contributed by atoms with E-state index in [4.69, 9.17) is 4.74 Å². The summed E-state index contributed by atoms with van der Waals surface area (Å²) >= 11 is 0. The predicted octanol–water partition coefficient (Wildman–Crippen LogP) is 3.04. The van der Waals surface area contributed by atoms with Gasteiger partial charge in [0.1, 0.15) is 11.4 Å². The number of rotatable bonds is 7. The van der Waals surface area contributed by atoms with Gasteiger partial charge in [0.25, 0.3) is 11.8 Å². The van der Waals surface area contributed by atoms with Gasteiger partial charge in [0.05, 0.1) is 6.10 Å². The molecule has 25 heavy (non-hydrogen) atoms. The van der Waals surface area contributed by atoms with E-state index >= 15 is 0 Å². The zero-order valence-corrected chi connectivity index (χ0v) is 14.3. The van der Waals surface area contributed by atoms with Gasteiger partial charge in [-0.25, -0.2) is 0 Å². The number of nitrogens with zero attached hydrogens (tertiary/aromatic N) is 1. The Morgan fingerprint density at radius 2 is 1.92 bits per heavy atom. The van der Waals surface area contributed by atoms with Crippen LogP contribution in [0.1, 0.15) is 34.7 Å². The molecule has 2 rings (SSSR count). The van der Waals surface area contributed by atoms with Crippen molar-refractivity contribution in [2.75, 3.05) is 11.9 Å². The van der Waals surface area contributed by atoms with Crippen molar-refractivity contribution >= 4 is 17.5 Å². The molecule has 0 spiro atoms. The number of carbonyl (C=O) groups is 2. The van der Waals surface area contributed by atoms with Gasteiger partial charge >= 0.3 is 0 Å². The molecule has 0 fully saturated rings. The lowest BCUT2D eigenvalue weighted by molar-refractivity contribution is 0.0958. The molecule has 0 atom stereocenters. The number of ether oxygens (including phenoxy) is 1. The predicted molar refractivity (Wildman–Crippen MR) is 96.9 cm³/mol. The van der Waals surface area contributed by atoms with E-state index in [0.717, 1.165) is 5.75 Å². The van der Waals surface area contributed by atoms with Crippen LogP contribution in [-0.2, 0) is 0 Å². The molecule has 0 radical (unpaired) electrons. The first-order valence-electron chi connectivity index (χ1n) is 7.93. The van der Waals surface area contributed by atoms with Gasteiger partial charge in [-0.05, 0) is 50.2 Å². The first-order chi connectivity index (χ1) is 12.0. The highest BCUT2D eigenvalue weighted by atomic mass is 16.5. The number of pyridine rings is 1. The van der Waals surface area contributed by atoms with Gasteiger partial charge in [-0.15, -0.1) is 6.58 Å². The average Bonchev–Trinajstić information content (AvgIpc) is 2.61. The van der Waals surface area contributed by atoms with Gasteiger partial charge in [-0.3, -0.25) is 14.6 Å². The molecule has 1 aromatic heterocycles. The minimum Gasteiger partial charge on any atom is -0.491 e. The highest BCUT2D eigenvalue weighted by molar-refractivity contribution is 6.04. The molecular weight excluding hydrogens is 318 g/mol. The highest BCUT2D eigenvalue weighted by Crippen LogP contribution is 2.17. The molecule has 0 aliphatic rings. The van der Waals surface area contributed by atoms with Crippen molar-refractivity contribution in [2.24, 2.45) is 0 Å². The van der Waals surface area contributed by atoms with Gasteiger partial charge in [0.2, 0.25) is 0 Å². The molecule has 0 saturated heterocycles. The Morgan fingerprint density at radius 3 is 2.56 bits per heavy atom. The van der Waals surface area contributed by atoms with Crippen molar-refractivity contribution in [2.45, 2.75) is 20.0 Å². The summed E-state index contributed by atoms with van der Waals surface area (Å²) in [5.41, 5.74) is 1.14. The van der Waals surface area contributed by atoms with Crippen LogP contribution in [0, 0.1) is 0 Å². The smallest absolute Gasteiger partial charge is 0.274 e. The normalized spacial score (nSPS) is 10.2. The number of nitrogens with one attached hydrogen (secondary N) is 2. The minimum absolute atomic E-state index is 0.0830. The summed E-state index contributed by atoms with van der Waals surface area (Å²) in [5, 5.41) is 5.40. The molecule has 1 aromatic carbocycles. The van der Waals surface area contributed by atoms with Crippen LogP contribution in [0.2, 0.25) is 0 Å². The van der Waals surface area contributed by atoms with Gasteiger partial charge in [-0.2, -0.15) is 0 Å². The van der Waals surface area contributed by atoms with Crippen molar-refractivity contribution in [3.8, 4) is 5.75 Å². The zero-order chi connectivity index (χ0) is 18.2. The first kappa shape index (κ1) is 18.2. The van der Waals surface area contributed by atoms with E-state index in [2.05, 4.69) is 22.2 Å². The number of hydrogen-bond donors (Lipinski definition) is 2. The third-order valence-electron chi connectivity index (χ3n) is 3.15. The molecule has 0 bridgehead atoms. The van der Waals surface area contributed by atoms with Crippen molar-refractivity contribution in [1.29, 1.82) is 0 Å². The van der Waals surface area contributed by atoms with E-state index in [9.17, 15) is 9.59 Å². The number of amides is 2. The average molecular weight is 339 g/mol. The number of carbonyl (C=O) groups excluding carboxylic acids is 2. The van der Waals surface area contributed by atoms with Crippen LogP contribution in [0.4, 0.5) is 5.69 Å². The largest absolute Gasteiger partial charge is 0.491 e. The Kier molecular flexibility index (Phi) is 6.28. The van der Waals surface area contributed by atoms with Crippen LogP contribution in [-0.4, -0.2) is 29.4 Å². The summed E-state index contributed by atoms with van der Waals surface area (Å²) in [7, 11) is 0. The van der Waals surface area contributed by atoms with E-state index < -0.39 is 5.91 Å². The van der Waals surface area contributed by atoms with Gasteiger partial charge in [0, 0.05) is 24.0 Å². The Morgan fingerprint density at radius 1 is 1.20 bits per heavy atom. The second-order valence-electron chi connectivity index (χ2n) is 5.57. The van der Waals surface area contributed by atoms with Gasteiger partial charge in [-0.1, -0.05) is 6.08 Å². The summed E-state index contributed by atoms with van der Waals surface area (Å²) in [5.74, 6) is 0.0504. The number of benzene rings is 1. The van der Waals surface area contributed by atoms with Crippen LogP contribution in [0.5, 0.6) is 5.75 Å². The summed E-state index contributed by atoms with van der Waals surface area (Å²) in [6.07, 6.45) is 3.09.